The third kappa shape index (κ3) is 0.349. The van der Waals surface area contributed by atoms with Crippen LogP contribution < -0.4 is 5.32 Å². The van der Waals surface area contributed by atoms with Crippen molar-refractivity contribution in [3.05, 3.63) is 0 Å². The van der Waals surface area contributed by atoms with Crippen molar-refractivity contribution in [2.75, 3.05) is 19.8 Å². The second-order valence-corrected chi connectivity index (χ2v) is 2.50. The highest BCUT2D eigenvalue weighted by molar-refractivity contribution is 5.09. The first-order valence-corrected chi connectivity index (χ1v) is 2.80. The number of hydrogen-bond acceptors (Lipinski definition) is 2. The van der Waals surface area contributed by atoms with Crippen LogP contribution in [0.1, 0.15) is 0 Å². The van der Waals surface area contributed by atoms with Gasteiger partial charge in [-0.05, 0) is 0 Å². The average Bonchev–Trinajstić information content (AvgIpc) is 1.58. The van der Waals surface area contributed by atoms with Gasteiger partial charge < -0.3 is 10.1 Å². The Morgan fingerprint density at radius 2 is 2.38 bits per heavy atom. The van der Waals surface area contributed by atoms with Gasteiger partial charge in [-0.2, -0.15) is 0 Å². The Kier molecular flexibility index (Phi) is 0.718. The van der Waals surface area contributed by atoms with Gasteiger partial charge in [-0.15, -0.1) is 0 Å². The fraction of sp³-hybridized carbons (Fsp3) is 1.00. The van der Waals surface area contributed by atoms with Crippen molar-refractivity contribution in [2.24, 2.45) is 0 Å². The van der Waals surface area contributed by atoms with Crippen LogP contribution in [0.5, 0.6) is 0 Å². The van der Waals surface area contributed by atoms with Gasteiger partial charge in [0.25, 0.3) is 0 Å². The molecule has 0 saturated carbocycles. The summed E-state index contributed by atoms with van der Waals surface area (Å²) in [4.78, 5) is 0. The minimum Gasteiger partial charge on any atom is -0.377 e. The van der Waals surface area contributed by atoms with E-state index in [9.17, 15) is 4.39 Å². The minimum absolute atomic E-state index is 0.236. The molecular weight excluding hydrogens is 109 g/mol. The molecular formula is C5H8FNO. The van der Waals surface area contributed by atoms with E-state index < -0.39 is 6.17 Å². The third-order valence-corrected chi connectivity index (χ3v) is 1.95. The standard InChI is InChI=1S/C5H8FNO/c6-4-1-7-5(4)2-8-3-5/h4,7H,1-3H2. The molecule has 0 bridgehead atoms. The van der Waals surface area contributed by atoms with Gasteiger partial charge in [0.15, 0.2) is 0 Å². The monoisotopic (exact) mass is 117 g/mol. The lowest BCUT2D eigenvalue weighted by molar-refractivity contribution is -0.149. The molecule has 1 unspecified atom stereocenters. The average molecular weight is 117 g/mol. The Hall–Kier alpha value is -0.150. The maximum absolute atomic E-state index is 12.5. The highest BCUT2D eigenvalue weighted by atomic mass is 19.1. The largest absolute Gasteiger partial charge is 0.377 e. The lowest BCUT2D eigenvalue weighted by Crippen LogP contribution is -2.76. The van der Waals surface area contributed by atoms with Crippen molar-refractivity contribution in [1.82, 2.24) is 5.32 Å². The van der Waals surface area contributed by atoms with E-state index in [1.165, 1.54) is 0 Å². The number of halogens is 1. The van der Waals surface area contributed by atoms with Gasteiger partial charge >= 0.3 is 0 Å². The quantitative estimate of drug-likeness (QED) is 0.470. The second kappa shape index (κ2) is 1.22. The first kappa shape index (κ1) is 4.70. The van der Waals surface area contributed by atoms with Crippen LogP contribution >= 0.6 is 0 Å². The van der Waals surface area contributed by atoms with Crippen molar-refractivity contribution in [1.29, 1.82) is 0 Å². The second-order valence-electron chi connectivity index (χ2n) is 2.50. The van der Waals surface area contributed by atoms with Crippen LogP contribution in [0.15, 0.2) is 0 Å². The molecule has 0 aliphatic carbocycles. The lowest BCUT2D eigenvalue weighted by atomic mass is 9.84. The summed E-state index contributed by atoms with van der Waals surface area (Å²) in [6.45, 7) is 1.64. The zero-order valence-corrected chi connectivity index (χ0v) is 4.48. The van der Waals surface area contributed by atoms with E-state index in [-0.39, 0.29) is 5.54 Å². The molecule has 2 nitrogen and oxygen atoms in total. The maximum Gasteiger partial charge on any atom is 0.135 e. The molecule has 1 spiro atoms. The predicted molar refractivity (Wildman–Crippen MR) is 26.4 cm³/mol. The number of hydrogen-bond donors (Lipinski definition) is 1. The fourth-order valence-electron chi connectivity index (χ4n) is 1.07. The summed E-state index contributed by atoms with van der Waals surface area (Å²) in [6, 6.07) is 0. The molecule has 0 radical (unpaired) electrons. The van der Waals surface area contributed by atoms with Crippen molar-refractivity contribution >= 4 is 0 Å². The molecule has 0 aromatic heterocycles. The molecule has 2 fully saturated rings. The Morgan fingerprint density at radius 1 is 1.62 bits per heavy atom. The molecule has 8 heavy (non-hydrogen) atoms. The Balaban J connectivity index is 2.03. The Labute approximate surface area is 47.0 Å². The van der Waals surface area contributed by atoms with Gasteiger partial charge in [0.1, 0.15) is 6.17 Å². The van der Waals surface area contributed by atoms with Crippen molar-refractivity contribution < 1.29 is 9.13 Å². The molecule has 46 valence electrons. The van der Waals surface area contributed by atoms with E-state index in [2.05, 4.69) is 5.32 Å². The van der Waals surface area contributed by atoms with Crippen LogP contribution in [-0.4, -0.2) is 31.5 Å². The third-order valence-electron chi connectivity index (χ3n) is 1.95. The molecule has 0 aromatic rings. The molecule has 2 heterocycles. The van der Waals surface area contributed by atoms with Crippen molar-refractivity contribution in [3.8, 4) is 0 Å². The highest BCUT2D eigenvalue weighted by Gasteiger charge is 2.52. The molecule has 3 heteroatoms. The number of alkyl halides is 1. The van der Waals surface area contributed by atoms with Crippen LogP contribution in [0.25, 0.3) is 0 Å². The molecule has 0 amide bonds. The van der Waals surface area contributed by atoms with Gasteiger partial charge in [-0.25, -0.2) is 4.39 Å². The van der Waals surface area contributed by atoms with Crippen LogP contribution in [0.2, 0.25) is 0 Å². The summed E-state index contributed by atoms with van der Waals surface area (Å²) in [5, 5.41) is 3.01. The molecule has 2 saturated heterocycles. The van der Waals surface area contributed by atoms with Crippen LogP contribution in [0, 0.1) is 0 Å². The van der Waals surface area contributed by atoms with E-state index >= 15 is 0 Å². The van der Waals surface area contributed by atoms with Gasteiger partial charge in [0, 0.05) is 6.54 Å². The molecule has 1 atom stereocenters. The fourth-order valence-corrected chi connectivity index (χ4v) is 1.07. The van der Waals surface area contributed by atoms with E-state index in [0.29, 0.717) is 19.8 Å². The van der Waals surface area contributed by atoms with Gasteiger partial charge in [-0.3, -0.25) is 0 Å². The van der Waals surface area contributed by atoms with E-state index in [4.69, 9.17) is 4.74 Å². The smallest absolute Gasteiger partial charge is 0.135 e. The van der Waals surface area contributed by atoms with E-state index in [0.717, 1.165) is 0 Å². The predicted octanol–water partition coefficient (Wildman–Crippen LogP) is -0.303. The summed E-state index contributed by atoms with van der Waals surface area (Å²) >= 11 is 0. The Morgan fingerprint density at radius 3 is 2.38 bits per heavy atom. The van der Waals surface area contributed by atoms with Gasteiger partial charge in [0.2, 0.25) is 0 Å². The zero-order chi connectivity index (χ0) is 5.61. The summed E-state index contributed by atoms with van der Waals surface area (Å²) in [5.74, 6) is 0. The van der Waals surface area contributed by atoms with Gasteiger partial charge in [0.05, 0.1) is 18.8 Å². The first-order chi connectivity index (χ1) is 3.83. The summed E-state index contributed by atoms with van der Waals surface area (Å²) in [7, 11) is 0. The first-order valence-electron chi connectivity index (χ1n) is 2.80. The van der Waals surface area contributed by atoms with Gasteiger partial charge in [-0.1, -0.05) is 0 Å². The van der Waals surface area contributed by atoms with E-state index in [1.54, 1.807) is 0 Å². The lowest BCUT2D eigenvalue weighted by Gasteiger charge is -2.51. The number of ether oxygens (including phenoxy) is 1. The summed E-state index contributed by atoms with van der Waals surface area (Å²) < 4.78 is 17.3. The molecule has 2 aliphatic heterocycles. The molecule has 2 aliphatic rings. The molecule has 0 aromatic carbocycles. The topological polar surface area (TPSA) is 21.3 Å². The summed E-state index contributed by atoms with van der Waals surface area (Å²) in [6.07, 6.45) is -0.656. The SMILES string of the molecule is FC1CNC12COC2. The van der Waals surface area contributed by atoms with Crippen molar-refractivity contribution in [2.45, 2.75) is 11.7 Å². The molecule has 1 N–H and O–H groups in total. The van der Waals surface area contributed by atoms with Crippen LogP contribution in [0.3, 0.4) is 0 Å². The van der Waals surface area contributed by atoms with Crippen molar-refractivity contribution in [3.63, 3.8) is 0 Å². The zero-order valence-electron chi connectivity index (χ0n) is 4.48. The van der Waals surface area contributed by atoms with Crippen LogP contribution in [-0.2, 0) is 4.74 Å². The minimum atomic E-state index is -0.656. The number of nitrogens with one attached hydrogen (secondary N) is 1. The normalized spacial score (nSPS) is 40.9. The summed E-state index contributed by atoms with van der Waals surface area (Å²) in [5.41, 5.74) is -0.236. The maximum atomic E-state index is 12.5. The molecule has 2 rings (SSSR count). The Bertz CT molecular complexity index is 107. The van der Waals surface area contributed by atoms with E-state index in [1.807, 2.05) is 0 Å². The van der Waals surface area contributed by atoms with Crippen LogP contribution in [0.4, 0.5) is 4.39 Å². The number of rotatable bonds is 0. The highest BCUT2D eigenvalue weighted by Crippen LogP contribution is 2.29.